The van der Waals surface area contributed by atoms with Crippen LogP contribution in [-0.2, 0) is 9.53 Å². The molecule has 1 unspecified atom stereocenters. The molecule has 0 aromatic heterocycles. The maximum absolute atomic E-state index is 13.1. The Kier molecular flexibility index (Phi) is 5.17. The molecule has 2 aromatic carbocycles. The summed E-state index contributed by atoms with van der Waals surface area (Å²) in [4.78, 5) is 14.1. The molecule has 1 aliphatic rings. The summed E-state index contributed by atoms with van der Waals surface area (Å²) in [5.41, 5.74) is 1.31. The van der Waals surface area contributed by atoms with E-state index in [1.807, 2.05) is 4.90 Å². The highest BCUT2D eigenvalue weighted by molar-refractivity contribution is 5.92. The molecule has 6 heteroatoms. The van der Waals surface area contributed by atoms with E-state index in [-0.39, 0.29) is 24.4 Å². The monoisotopic (exact) mass is 332 g/mol. The maximum atomic E-state index is 13.1. The highest BCUT2D eigenvalue weighted by Gasteiger charge is 2.23. The van der Waals surface area contributed by atoms with Crippen molar-refractivity contribution in [2.24, 2.45) is 0 Å². The molecule has 0 bridgehead atoms. The lowest BCUT2D eigenvalue weighted by Crippen LogP contribution is -2.42. The molecule has 1 N–H and O–H groups in total. The van der Waals surface area contributed by atoms with E-state index in [9.17, 15) is 13.6 Å². The molecule has 1 atom stereocenters. The normalized spacial score (nSPS) is 18.3. The Labute approximate surface area is 139 Å². The number of hydrogen-bond acceptors (Lipinski definition) is 3. The SMILES string of the molecule is O=C(CN1CCOC(c2ccc(F)cc2)C1)Nc1cccc(F)c1. The molecule has 0 aliphatic carbocycles. The fraction of sp³-hybridized carbons (Fsp3) is 0.278. The lowest BCUT2D eigenvalue weighted by atomic mass is 10.1. The van der Waals surface area contributed by atoms with Crippen molar-refractivity contribution in [3.63, 3.8) is 0 Å². The Morgan fingerprint density at radius 1 is 1.17 bits per heavy atom. The third-order valence-corrected chi connectivity index (χ3v) is 3.87. The van der Waals surface area contributed by atoms with E-state index < -0.39 is 5.82 Å². The lowest BCUT2D eigenvalue weighted by Gasteiger charge is -2.32. The number of benzene rings is 2. The molecule has 24 heavy (non-hydrogen) atoms. The number of hydrogen-bond donors (Lipinski definition) is 1. The van der Waals surface area contributed by atoms with Crippen molar-refractivity contribution in [2.75, 3.05) is 31.6 Å². The van der Waals surface area contributed by atoms with Gasteiger partial charge in [-0.25, -0.2) is 8.78 Å². The minimum atomic E-state index is -0.393. The number of rotatable bonds is 4. The van der Waals surface area contributed by atoms with E-state index in [1.165, 1.54) is 24.3 Å². The van der Waals surface area contributed by atoms with Gasteiger partial charge in [-0.15, -0.1) is 0 Å². The largest absolute Gasteiger partial charge is 0.371 e. The highest BCUT2D eigenvalue weighted by Crippen LogP contribution is 2.22. The topological polar surface area (TPSA) is 41.6 Å². The van der Waals surface area contributed by atoms with Gasteiger partial charge in [0.2, 0.25) is 5.91 Å². The van der Waals surface area contributed by atoms with Crippen LogP contribution < -0.4 is 5.32 Å². The molecule has 2 aromatic rings. The molecule has 0 spiro atoms. The Morgan fingerprint density at radius 2 is 1.96 bits per heavy atom. The third-order valence-electron chi connectivity index (χ3n) is 3.87. The lowest BCUT2D eigenvalue weighted by molar-refractivity contribution is -0.119. The van der Waals surface area contributed by atoms with Gasteiger partial charge in [0.1, 0.15) is 11.6 Å². The Bertz CT molecular complexity index is 706. The summed E-state index contributed by atoms with van der Waals surface area (Å²) in [6.45, 7) is 1.86. The maximum Gasteiger partial charge on any atom is 0.238 e. The third kappa shape index (κ3) is 4.37. The molecule has 3 rings (SSSR count). The molecule has 1 fully saturated rings. The summed E-state index contributed by atoms with van der Waals surface area (Å²) in [6, 6.07) is 12.0. The zero-order valence-electron chi connectivity index (χ0n) is 13.0. The Balaban J connectivity index is 1.56. The van der Waals surface area contributed by atoms with E-state index in [1.54, 1.807) is 24.3 Å². The van der Waals surface area contributed by atoms with Crippen LogP contribution in [-0.4, -0.2) is 37.0 Å². The van der Waals surface area contributed by atoms with Crippen molar-refractivity contribution in [3.05, 3.63) is 65.7 Å². The van der Waals surface area contributed by atoms with Gasteiger partial charge in [-0.2, -0.15) is 0 Å². The number of halogens is 2. The first-order valence-corrected chi connectivity index (χ1v) is 7.75. The molecule has 0 radical (unpaired) electrons. The smallest absolute Gasteiger partial charge is 0.238 e. The number of carbonyl (C=O) groups is 1. The molecule has 1 amide bonds. The number of nitrogens with one attached hydrogen (secondary N) is 1. The van der Waals surface area contributed by atoms with Crippen LogP contribution in [0.3, 0.4) is 0 Å². The summed E-state index contributed by atoms with van der Waals surface area (Å²) in [5.74, 6) is -0.892. The van der Waals surface area contributed by atoms with Crippen molar-refractivity contribution in [1.82, 2.24) is 4.90 Å². The zero-order chi connectivity index (χ0) is 16.9. The minimum absolute atomic E-state index is 0.192. The molecule has 1 saturated heterocycles. The van der Waals surface area contributed by atoms with Crippen LogP contribution in [0.2, 0.25) is 0 Å². The number of amides is 1. The summed E-state index contributed by atoms with van der Waals surface area (Å²) >= 11 is 0. The first kappa shape index (κ1) is 16.5. The van der Waals surface area contributed by atoms with Gasteiger partial charge in [0, 0.05) is 18.8 Å². The predicted octanol–water partition coefficient (Wildman–Crippen LogP) is 2.98. The second-order valence-electron chi connectivity index (χ2n) is 5.70. The van der Waals surface area contributed by atoms with Gasteiger partial charge < -0.3 is 10.1 Å². The van der Waals surface area contributed by atoms with Crippen LogP contribution in [0, 0.1) is 11.6 Å². The van der Waals surface area contributed by atoms with Crippen molar-refractivity contribution < 1.29 is 18.3 Å². The van der Waals surface area contributed by atoms with Crippen LogP contribution >= 0.6 is 0 Å². The predicted molar refractivity (Wildman–Crippen MR) is 86.6 cm³/mol. The van der Waals surface area contributed by atoms with Gasteiger partial charge in [-0.3, -0.25) is 9.69 Å². The van der Waals surface area contributed by atoms with Crippen molar-refractivity contribution in [2.45, 2.75) is 6.10 Å². The second kappa shape index (κ2) is 7.51. The highest BCUT2D eigenvalue weighted by atomic mass is 19.1. The van der Waals surface area contributed by atoms with Gasteiger partial charge in [-0.05, 0) is 35.9 Å². The van der Waals surface area contributed by atoms with E-state index in [0.717, 1.165) is 5.56 Å². The Hall–Kier alpha value is -2.31. The number of morpholine rings is 1. The van der Waals surface area contributed by atoms with Crippen LogP contribution in [0.4, 0.5) is 14.5 Å². The number of carbonyl (C=O) groups excluding carboxylic acids is 1. The zero-order valence-corrected chi connectivity index (χ0v) is 13.0. The fourth-order valence-electron chi connectivity index (χ4n) is 2.70. The quantitative estimate of drug-likeness (QED) is 0.936. The fourth-order valence-corrected chi connectivity index (χ4v) is 2.70. The average Bonchev–Trinajstić information content (AvgIpc) is 2.55. The summed E-state index contributed by atoms with van der Waals surface area (Å²) < 4.78 is 31.8. The first-order valence-electron chi connectivity index (χ1n) is 7.75. The number of ether oxygens (including phenoxy) is 1. The molecular formula is C18H18F2N2O2. The Morgan fingerprint density at radius 3 is 2.71 bits per heavy atom. The number of nitrogens with zero attached hydrogens (tertiary/aromatic N) is 1. The van der Waals surface area contributed by atoms with Gasteiger partial charge >= 0.3 is 0 Å². The molecule has 0 saturated carbocycles. The van der Waals surface area contributed by atoms with E-state index in [4.69, 9.17) is 4.74 Å². The van der Waals surface area contributed by atoms with Crippen molar-refractivity contribution in [3.8, 4) is 0 Å². The van der Waals surface area contributed by atoms with Crippen LogP contribution in [0.5, 0.6) is 0 Å². The molecule has 4 nitrogen and oxygen atoms in total. The molecule has 1 aliphatic heterocycles. The second-order valence-corrected chi connectivity index (χ2v) is 5.70. The van der Waals surface area contributed by atoms with Gasteiger partial charge in [0.25, 0.3) is 0 Å². The van der Waals surface area contributed by atoms with Crippen LogP contribution in [0.15, 0.2) is 48.5 Å². The van der Waals surface area contributed by atoms with E-state index in [2.05, 4.69) is 5.32 Å². The van der Waals surface area contributed by atoms with Crippen LogP contribution in [0.25, 0.3) is 0 Å². The van der Waals surface area contributed by atoms with Crippen molar-refractivity contribution >= 4 is 11.6 Å². The average molecular weight is 332 g/mol. The van der Waals surface area contributed by atoms with Gasteiger partial charge in [-0.1, -0.05) is 18.2 Å². The van der Waals surface area contributed by atoms with E-state index in [0.29, 0.717) is 25.4 Å². The summed E-state index contributed by atoms with van der Waals surface area (Å²) in [6.07, 6.45) is -0.193. The van der Waals surface area contributed by atoms with Crippen LogP contribution in [0.1, 0.15) is 11.7 Å². The summed E-state index contributed by atoms with van der Waals surface area (Å²) in [7, 11) is 0. The summed E-state index contributed by atoms with van der Waals surface area (Å²) in [5, 5.41) is 2.68. The van der Waals surface area contributed by atoms with Gasteiger partial charge in [0.05, 0.1) is 19.3 Å². The molecule has 126 valence electrons. The van der Waals surface area contributed by atoms with Crippen molar-refractivity contribution in [1.29, 1.82) is 0 Å². The molecule has 1 heterocycles. The van der Waals surface area contributed by atoms with E-state index >= 15 is 0 Å². The molecular weight excluding hydrogens is 314 g/mol. The minimum Gasteiger partial charge on any atom is -0.371 e. The first-order chi connectivity index (χ1) is 11.6. The standard InChI is InChI=1S/C18H18F2N2O2/c19-14-6-4-13(5-7-14)17-11-22(8-9-24-17)12-18(23)21-16-3-1-2-15(20)10-16/h1-7,10,17H,8-9,11-12H2,(H,21,23). The van der Waals surface area contributed by atoms with Gasteiger partial charge in [0.15, 0.2) is 0 Å². The number of anilines is 1.